The normalized spacial score (nSPS) is 13.3. The van der Waals surface area contributed by atoms with Gasteiger partial charge in [-0.25, -0.2) is 0 Å². The fraction of sp³-hybridized carbons (Fsp3) is 0.692. The van der Waals surface area contributed by atoms with E-state index in [1.54, 1.807) is 0 Å². The molecule has 1 atom stereocenters. The first kappa shape index (κ1) is 12.3. The molecule has 2 nitrogen and oxygen atoms in total. The molecular weight excluding hydrogens is 184 g/mol. The maximum Gasteiger partial charge on any atom is 0.0222 e. The van der Waals surface area contributed by atoms with Crippen molar-refractivity contribution in [2.24, 2.45) is 5.92 Å². The molecule has 1 heterocycles. The molecule has 2 heteroatoms. The van der Waals surface area contributed by atoms with E-state index in [4.69, 9.17) is 0 Å². The predicted octanol–water partition coefficient (Wildman–Crippen LogP) is 3.32. The first-order chi connectivity index (χ1) is 7.18. The van der Waals surface area contributed by atoms with E-state index in [0.29, 0.717) is 6.04 Å². The maximum absolute atomic E-state index is 3.54. The Labute approximate surface area is 93.5 Å². The molecule has 15 heavy (non-hydrogen) atoms. The summed E-state index contributed by atoms with van der Waals surface area (Å²) in [5.74, 6) is 0.835. The molecule has 0 amide bonds. The molecule has 1 unspecified atom stereocenters. The molecule has 0 fully saturated rings. The largest absolute Gasteiger partial charge is 0.367 e. The van der Waals surface area contributed by atoms with E-state index in [1.165, 1.54) is 24.8 Å². The van der Waals surface area contributed by atoms with Crippen molar-refractivity contribution in [1.82, 2.24) is 10.3 Å². The lowest BCUT2D eigenvalue weighted by Gasteiger charge is -2.13. The second-order valence-electron chi connectivity index (χ2n) is 4.83. The van der Waals surface area contributed by atoms with Gasteiger partial charge in [-0.2, -0.15) is 0 Å². The molecule has 0 radical (unpaired) electrons. The van der Waals surface area contributed by atoms with Crippen LogP contribution in [0.5, 0.6) is 0 Å². The molecule has 0 saturated heterocycles. The Morgan fingerprint density at radius 1 is 1.27 bits per heavy atom. The summed E-state index contributed by atoms with van der Waals surface area (Å²) in [6.45, 7) is 7.83. The smallest absolute Gasteiger partial charge is 0.0222 e. The van der Waals surface area contributed by atoms with E-state index in [0.717, 1.165) is 12.5 Å². The molecule has 1 aromatic rings. The quantitative estimate of drug-likeness (QED) is 0.707. The van der Waals surface area contributed by atoms with E-state index in [1.807, 2.05) is 12.4 Å². The third kappa shape index (κ3) is 5.63. The van der Waals surface area contributed by atoms with Crippen molar-refractivity contribution in [2.75, 3.05) is 0 Å². The molecule has 2 N–H and O–H groups in total. The molecule has 0 aliphatic rings. The van der Waals surface area contributed by atoms with Gasteiger partial charge in [0.1, 0.15) is 0 Å². The van der Waals surface area contributed by atoms with Gasteiger partial charge < -0.3 is 10.3 Å². The average Bonchev–Trinajstić information content (AvgIpc) is 2.66. The highest BCUT2D eigenvalue weighted by Crippen LogP contribution is 2.08. The van der Waals surface area contributed by atoms with Crippen LogP contribution in [0.3, 0.4) is 0 Å². The Balaban J connectivity index is 2.06. The van der Waals surface area contributed by atoms with Crippen LogP contribution in [0, 0.1) is 5.92 Å². The summed E-state index contributed by atoms with van der Waals surface area (Å²) in [6.07, 6.45) is 7.98. The van der Waals surface area contributed by atoms with Gasteiger partial charge in [0.25, 0.3) is 0 Å². The molecule has 0 aliphatic carbocycles. The van der Waals surface area contributed by atoms with E-state index >= 15 is 0 Å². The second-order valence-corrected chi connectivity index (χ2v) is 4.83. The Morgan fingerprint density at radius 2 is 2.07 bits per heavy atom. The number of hydrogen-bond donors (Lipinski definition) is 2. The molecule has 0 aromatic carbocycles. The lowest BCUT2D eigenvalue weighted by molar-refractivity contribution is 0.457. The lowest BCUT2D eigenvalue weighted by atomic mass is 10.0. The number of aromatic nitrogens is 1. The molecule has 0 saturated carbocycles. The summed E-state index contributed by atoms with van der Waals surface area (Å²) >= 11 is 0. The molecule has 1 rings (SSSR count). The van der Waals surface area contributed by atoms with Crippen LogP contribution >= 0.6 is 0 Å². The Bertz CT molecular complexity index is 239. The fourth-order valence-corrected chi connectivity index (χ4v) is 1.69. The zero-order valence-corrected chi connectivity index (χ0v) is 10.2. The molecule has 86 valence electrons. The fourth-order valence-electron chi connectivity index (χ4n) is 1.69. The van der Waals surface area contributed by atoms with Gasteiger partial charge in [0, 0.05) is 25.0 Å². The number of aromatic amines is 1. The van der Waals surface area contributed by atoms with E-state index in [-0.39, 0.29) is 0 Å². The minimum absolute atomic E-state index is 0.624. The molecule has 0 spiro atoms. The monoisotopic (exact) mass is 208 g/mol. The number of H-pyrrole nitrogens is 1. The van der Waals surface area contributed by atoms with Crippen molar-refractivity contribution in [3.05, 3.63) is 24.0 Å². The van der Waals surface area contributed by atoms with Crippen LogP contribution in [0.2, 0.25) is 0 Å². The first-order valence-electron chi connectivity index (χ1n) is 6.03. The molecule has 0 aliphatic heterocycles. The number of nitrogens with one attached hydrogen (secondary N) is 2. The number of rotatable bonds is 7. The van der Waals surface area contributed by atoms with Crippen molar-refractivity contribution < 1.29 is 0 Å². The zero-order chi connectivity index (χ0) is 11.1. The van der Waals surface area contributed by atoms with E-state index < -0.39 is 0 Å². The van der Waals surface area contributed by atoms with Crippen molar-refractivity contribution in [2.45, 2.75) is 52.6 Å². The van der Waals surface area contributed by atoms with Gasteiger partial charge in [-0.15, -0.1) is 0 Å². The van der Waals surface area contributed by atoms with Gasteiger partial charge in [-0.05, 0) is 30.9 Å². The van der Waals surface area contributed by atoms with Crippen LogP contribution in [-0.4, -0.2) is 11.0 Å². The van der Waals surface area contributed by atoms with E-state index in [9.17, 15) is 0 Å². The molecular formula is C13H24N2. The predicted molar refractivity (Wildman–Crippen MR) is 65.8 cm³/mol. The standard InChI is InChI=1S/C13H24N2/c1-11(2)5-4-6-12(3)15-10-13-7-8-14-9-13/h7-9,11-12,14-15H,4-6,10H2,1-3H3. The summed E-state index contributed by atoms with van der Waals surface area (Å²) in [5, 5.41) is 3.54. The lowest BCUT2D eigenvalue weighted by Crippen LogP contribution is -2.25. The number of hydrogen-bond acceptors (Lipinski definition) is 1. The van der Waals surface area contributed by atoms with Crippen molar-refractivity contribution in [3.63, 3.8) is 0 Å². The maximum atomic E-state index is 3.54. The Morgan fingerprint density at radius 3 is 2.67 bits per heavy atom. The topological polar surface area (TPSA) is 27.8 Å². The summed E-state index contributed by atoms with van der Waals surface area (Å²) in [5.41, 5.74) is 1.34. The first-order valence-corrected chi connectivity index (χ1v) is 6.03. The Hall–Kier alpha value is -0.760. The highest BCUT2D eigenvalue weighted by molar-refractivity contribution is 5.07. The van der Waals surface area contributed by atoms with Crippen LogP contribution in [0.4, 0.5) is 0 Å². The minimum atomic E-state index is 0.624. The highest BCUT2D eigenvalue weighted by Gasteiger charge is 2.02. The molecule has 1 aromatic heterocycles. The average molecular weight is 208 g/mol. The van der Waals surface area contributed by atoms with Crippen molar-refractivity contribution >= 4 is 0 Å². The SMILES string of the molecule is CC(C)CCCC(C)NCc1cc[nH]c1. The third-order valence-corrected chi connectivity index (χ3v) is 2.74. The van der Waals surface area contributed by atoms with Crippen LogP contribution in [0.15, 0.2) is 18.5 Å². The minimum Gasteiger partial charge on any atom is -0.367 e. The van der Waals surface area contributed by atoms with Crippen molar-refractivity contribution in [3.8, 4) is 0 Å². The van der Waals surface area contributed by atoms with Crippen LogP contribution < -0.4 is 5.32 Å². The summed E-state index contributed by atoms with van der Waals surface area (Å²) < 4.78 is 0. The van der Waals surface area contributed by atoms with Crippen LogP contribution in [0.25, 0.3) is 0 Å². The van der Waals surface area contributed by atoms with Crippen molar-refractivity contribution in [1.29, 1.82) is 0 Å². The highest BCUT2D eigenvalue weighted by atomic mass is 14.9. The summed E-state index contributed by atoms with van der Waals surface area (Å²) in [7, 11) is 0. The third-order valence-electron chi connectivity index (χ3n) is 2.74. The van der Waals surface area contributed by atoms with Gasteiger partial charge >= 0.3 is 0 Å². The molecule has 0 bridgehead atoms. The van der Waals surface area contributed by atoms with Gasteiger partial charge in [0.2, 0.25) is 0 Å². The summed E-state index contributed by atoms with van der Waals surface area (Å²) in [4.78, 5) is 3.07. The zero-order valence-electron chi connectivity index (χ0n) is 10.2. The Kier molecular flexibility index (Phi) is 5.48. The van der Waals surface area contributed by atoms with Crippen LogP contribution in [0.1, 0.15) is 45.6 Å². The van der Waals surface area contributed by atoms with E-state index in [2.05, 4.69) is 37.1 Å². The van der Waals surface area contributed by atoms with Gasteiger partial charge in [0.05, 0.1) is 0 Å². The summed E-state index contributed by atoms with van der Waals surface area (Å²) in [6, 6.07) is 2.74. The second kappa shape index (κ2) is 6.67. The van der Waals surface area contributed by atoms with Gasteiger partial charge in [-0.1, -0.05) is 26.7 Å². The van der Waals surface area contributed by atoms with Crippen LogP contribution in [-0.2, 0) is 6.54 Å². The van der Waals surface area contributed by atoms with Gasteiger partial charge in [-0.3, -0.25) is 0 Å². The van der Waals surface area contributed by atoms with Gasteiger partial charge in [0.15, 0.2) is 0 Å².